The van der Waals surface area contributed by atoms with Crippen LogP contribution in [0.2, 0.25) is 0 Å². The number of alkyl halides is 3. The number of nitrogens with zero attached hydrogens (tertiary/aromatic N) is 1. The van der Waals surface area contributed by atoms with Crippen molar-refractivity contribution in [3.63, 3.8) is 0 Å². The molecule has 4 atom stereocenters. The minimum Gasteiger partial charge on any atom is -0.379 e. The van der Waals surface area contributed by atoms with Crippen molar-refractivity contribution < 1.29 is 32.2 Å². The van der Waals surface area contributed by atoms with Gasteiger partial charge in [0.05, 0.1) is 30.2 Å². The summed E-state index contributed by atoms with van der Waals surface area (Å²) in [5, 5.41) is 3.67. The van der Waals surface area contributed by atoms with Crippen molar-refractivity contribution in [1.82, 2.24) is 10.2 Å². The van der Waals surface area contributed by atoms with Gasteiger partial charge in [0.2, 0.25) is 5.91 Å². The average Bonchev–Trinajstić information content (AvgIpc) is 3.23. The van der Waals surface area contributed by atoms with E-state index < -0.39 is 17.2 Å². The van der Waals surface area contributed by atoms with Crippen molar-refractivity contribution in [1.29, 1.82) is 0 Å². The SMILES string of the molecule is CO[C@H]1COCC[C@H]1N[C@@H]1CC[C@@](C(=O)N2CC(=O)c3ccc(C(F)(F)F)cc3C2)(C(C)C)C1. The van der Waals surface area contributed by atoms with E-state index in [0.717, 1.165) is 25.0 Å². The maximum absolute atomic E-state index is 13.8. The van der Waals surface area contributed by atoms with Crippen molar-refractivity contribution in [2.24, 2.45) is 11.3 Å². The third-order valence-electron chi connectivity index (χ3n) is 7.85. The van der Waals surface area contributed by atoms with E-state index in [2.05, 4.69) is 5.32 Å². The lowest BCUT2D eigenvalue weighted by atomic mass is 9.73. The molecule has 6 nitrogen and oxygen atoms in total. The standard InChI is InChI=1S/C25H33F3N2O4/c1-15(2)24(8-6-18(11-24)29-20-7-9-34-14-22(20)33-3)23(32)30-12-16-10-17(25(26,27)28)4-5-19(16)21(31)13-30/h4-5,10,15,18,20,22,29H,6-9,11-14H2,1-3H3/t18-,20-,22+,24+/m1/s1. The molecule has 1 aromatic carbocycles. The molecule has 4 rings (SSSR count). The Hall–Kier alpha value is -1.97. The zero-order valence-electron chi connectivity index (χ0n) is 19.9. The lowest BCUT2D eigenvalue weighted by molar-refractivity contribution is -0.145. The molecule has 1 amide bonds. The maximum Gasteiger partial charge on any atom is 0.416 e. The van der Waals surface area contributed by atoms with Crippen LogP contribution in [0.3, 0.4) is 0 Å². The number of fused-ring (bicyclic) bond motifs is 1. The van der Waals surface area contributed by atoms with E-state index in [-0.39, 0.29) is 60.0 Å². The van der Waals surface area contributed by atoms with Gasteiger partial charge in [-0.3, -0.25) is 9.59 Å². The summed E-state index contributed by atoms with van der Waals surface area (Å²) >= 11 is 0. The van der Waals surface area contributed by atoms with Crippen molar-refractivity contribution >= 4 is 11.7 Å². The monoisotopic (exact) mass is 482 g/mol. The molecule has 0 unspecified atom stereocenters. The predicted molar refractivity (Wildman–Crippen MR) is 119 cm³/mol. The van der Waals surface area contributed by atoms with Gasteiger partial charge < -0.3 is 19.7 Å². The number of nitrogens with one attached hydrogen (secondary N) is 1. The van der Waals surface area contributed by atoms with E-state index in [1.54, 1.807) is 7.11 Å². The zero-order chi connectivity index (χ0) is 24.7. The van der Waals surface area contributed by atoms with E-state index in [9.17, 15) is 22.8 Å². The second kappa shape index (κ2) is 9.59. The van der Waals surface area contributed by atoms with Crippen LogP contribution in [-0.2, 0) is 27.0 Å². The molecule has 0 spiro atoms. The molecule has 188 valence electrons. The summed E-state index contributed by atoms with van der Waals surface area (Å²) in [6.45, 7) is 5.12. The molecule has 1 aliphatic carbocycles. The number of methoxy groups -OCH3 is 1. The van der Waals surface area contributed by atoms with Gasteiger partial charge in [0.15, 0.2) is 5.78 Å². The first kappa shape index (κ1) is 25.1. The van der Waals surface area contributed by atoms with E-state index in [0.29, 0.717) is 26.1 Å². The first-order chi connectivity index (χ1) is 16.0. The lowest BCUT2D eigenvalue weighted by Crippen LogP contribution is -2.52. The highest BCUT2D eigenvalue weighted by atomic mass is 19.4. The number of ether oxygens (including phenoxy) is 2. The Kier molecular flexibility index (Phi) is 7.09. The van der Waals surface area contributed by atoms with Crippen LogP contribution in [0.4, 0.5) is 13.2 Å². The molecule has 3 aliphatic rings. The topological polar surface area (TPSA) is 67.9 Å². The second-order valence-electron chi connectivity index (χ2n) is 10.1. The number of carbonyl (C=O) groups is 2. The summed E-state index contributed by atoms with van der Waals surface area (Å²) in [5.74, 6) is -0.434. The number of halogens is 3. The van der Waals surface area contributed by atoms with E-state index in [1.165, 1.54) is 11.0 Å². The Bertz CT molecular complexity index is 935. The molecule has 1 saturated carbocycles. The highest BCUT2D eigenvalue weighted by molar-refractivity contribution is 6.02. The average molecular weight is 483 g/mol. The van der Waals surface area contributed by atoms with Crippen LogP contribution in [0.15, 0.2) is 18.2 Å². The number of hydrogen-bond acceptors (Lipinski definition) is 5. The van der Waals surface area contributed by atoms with Crippen LogP contribution >= 0.6 is 0 Å². The van der Waals surface area contributed by atoms with Gasteiger partial charge in [-0.05, 0) is 49.3 Å². The largest absolute Gasteiger partial charge is 0.416 e. The van der Waals surface area contributed by atoms with E-state index in [1.807, 2.05) is 13.8 Å². The molecule has 9 heteroatoms. The van der Waals surface area contributed by atoms with Gasteiger partial charge in [-0.1, -0.05) is 19.9 Å². The third-order valence-corrected chi connectivity index (χ3v) is 7.85. The minimum absolute atomic E-state index is 0.0160. The van der Waals surface area contributed by atoms with Gasteiger partial charge in [0, 0.05) is 37.9 Å². The molecule has 1 aromatic rings. The Morgan fingerprint density at radius 2 is 2.03 bits per heavy atom. The van der Waals surface area contributed by atoms with Gasteiger partial charge in [-0.2, -0.15) is 13.2 Å². The first-order valence-corrected chi connectivity index (χ1v) is 11.9. The van der Waals surface area contributed by atoms with Gasteiger partial charge in [-0.25, -0.2) is 0 Å². The van der Waals surface area contributed by atoms with Gasteiger partial charge >= 0.3 is 6.18 Å². The maximum atomic E-state index is 13.8. The molecule has 0 aromatic heterocycles. The number of ketones is 1. The van der Waals surface area contributed by atoms with Gasteiger partial charge in [0.25, 0.3) is 0 Å². The number of rotatable bonds is 5. The summed E-state index contributed by atoms with van der Waals surface area (Å²) in [6.07, 6.45) is -1.61. The second-order valence-corrected chi connectivity index (χ2v) is 10.1. The molecule has 2 aliphatic heterocycles. The molecular formula is C25H33F3N2O4. The number of hydrogen-bond donors (Lipinski definition) is 1. The fourth-order valence-electron chi connectivity index (χ4n) is 5.77. The Morgan fingerprint density at radius 1 is 1.26 bits per heavy atom. The van der Waals surface area contributed by atoms with E-state index >= 15 is 0 Å². The summed E-state index contributed by atoms with van der Waals surface area (Å²) in [7, 11) is 1.67. The molecule has 1 saturated heterocycles. The normalized spacial score (nSPS) is 30.0. The molecule has 0 bridgehead atoms. The number of Topliss-reactive ketones (excluding diaryl/α,β-unsaturated/α-hetero) is 1. The Morgan fingerprint density at radius 3 is 2.71 bits per heavy atom. The Labute approximate surface area is 198 Å². The highest BCUT2D eigenvalue weighted by Gasteiger charge is 2.50. The van der Waals surface area contributed by atoms with Crippen LogP contribution in [0, 0.1) is 11.3 Å². The predicted octanol–water partition coefficient (Wildman–Crippen LogP) is 3.82. The molecular weight excluding hydrogens is 449 g/mol. The molecule has 1 N–H and O–H groups in total. The highest BCUT2D eigenvalue weighted by Crippen LogP contribution is 2.47. The molecule has 0 radical (unpaired) electrons. The lowest BCUT2D eigenvalue weighted by Gasteiger charge is -2.39. The van der Waals surface area contributed by atoms with Crippen LogP contribution in [-0.4, -0.2) is 61.6 Å². The number of benzene rings is 1. The summed E-state index contributed by atoms with van der Waals surface area (Å²) in [5.41, 5.74) is -0.936. The minimum atomic E-state index is -4.50. The third kappa shape index (κ3) is 4.75. The van der Waals surface area contributed by atoms with Crippen molar-refractivity contribution in [2.75, 3.05) is 26.9 Å². The van der Waals surface area contributed by atoms with Crippen LogP contribution in [0.1, 0.15) is 61.0 Å². The van der Waals surface area contributed by atoms with E-state index in [4.69, 9.17) is 9.47 Å². The van der Waals surface area contributed by atoms with Crippen molar-refractivity contribution in [2.45, 2.75) is 70.4 Å². The fourth-order valence-corrected chi connectivity index (χ4v) is 5.77. The van der Waals surface area contributed by atoms with Gasteiger partial charge in [0.1, 0.15) is 0 Å². The van der Waals surface area contributed by atoms with Crippen LogP contribution in [0.5, 0.6) is 0 Å². The molecule has 34 heavy (non-hydrogen) atoms. The van der Waals surface area contributed by atoms with Crippen molar-refractivity contribution in [3.05, 3.63) is 34.9 Å². The van der Waals surface area contributed by atoms with Gasteiger partial charge in [-0.15, -0.1) is 0 Å². The van der Waals surface area contributed by atoms with Crippen LogP contribution < -0.4 is 5.32 Å². The number of carbonyl (C=O) groups excluding carboxylic acids is 2. The smallest absolute Gasteiger partial charge is 0.379 e. The zero-order valence-corrected chi connectivity index (χ0v) is 19.9. The Balaban J connectivity index is 1.52. The van der Waals surface area contributed by atoms with Crippen molar-refractivity contribution in [3.8, 4) is 0 Å². The molecule has 2 fully saturated rings. The quantitative estimate of drug-likeness (QED) is 0.691. The summed E-state index contributed by atoms with van der Waals surface area (Å²) in [4.78, 5) is 28.0. The summed E-state index contributed by atoms with van der Waals surface area (Å²) in [6, 6.07) is 3.43. The van der Waals surface area contributed by atoms with Crippen LogP contribution in [0.25, 0.3) is 0 Å². The number of amides is 1. The molecule has 2 heterocycles. The first-order valence-electron chi connectivity index (χ1n) is 11.9. The summed E-state index contributed by atoms with van der Waals surface area (Å²) < 4.78 is 50.7. The fraction of sp³-hybridized carbons (Fsp3) is 0.680.